The van der Waals surface area contributed by atoms with Crippen LogP contribution in [0.25, 0.3) is 0 Å². The van der Waals surface area contributed by atoms with E-state index < -0.39 is 10.0 Å². The third-order valence-electron chi connectivity index (χ3n) is 3.03. The quantitative estimate of drug-likeness (QED) is 0.785. The smallest absolute Gasteiger partial charge is 0.255 e. The first kappa shape index (κ1) is 17.7. The Kier molecular flexibility index (Phi) is 5.92. The van der Waals surface area contributed by atoms with Gasteiger partial charge in [0.15, 0.2) is 0 Å². The summed E-state index contributed by atoms with van der Waals surface area (Å²) in [6.45, 7) is 2.24. The first-order chi connectivity index (χ1) is 10.9. The third kappa shape index (κ3) is 4.89. The fourth-order valence-electron chi connectivity index (χ4n) is 1.89. The fraction of sp³-hybridized carbons (Fsp3) is 0.188. The second-order valence-corrected chi connectivity index (χ2v) is 7.57. The number of benzene rings is 2. The predicted octanol–water partition coefficient (Wildman–Crippen LogP) is 3.39. The molecule has 0 spiro atoms. The van der Waals surface area contributed by atoms with Crippen molar-refractivity contribution in [1.29, 1.82) is 0 Å². The molecule has 2 rings (SSSR count). The molecule has 0 aliphatic heterocycles. The highest BCUT2D eigenvalue weighted by Gasteiger charge is 2.15. The minimum atomic E-state index is -3.60. The molecule has 1 amide bonds. The number of amides is 1. The van der Waals surface area contributed by atoms with Crippen molar-refractivity contribution in [3.05, 3.63) is 58.6 Å². The average Bonchev–Trinajstić information content (AvgIpc) is 2.53. The molecule has 0 heterocycles. The number of anilines is 1. The molecule has 122 valence electrons. The minimum absolute atomic E-state index is 0.0767. The van der Waals surface area contributed by atoms with Crippen LogP contribution in [0, 0.1) is 0 Å². The number of hydrogen-bond acceptors (Lipinski definition) is 3. The minimum Gasteiger partial charge on any atom is -0.322 e. The van der Waals surface area contributed by atoms with E-state index in [1.165, 1.54) is 12.1 Å². The fourth-order valence-corrected chi connectivity index (χ4v) is 3.47. The van der Waals surface area contributed by atoms with Crippen molar-refractivity contribution in [2.45, 2.75) is 18.2 Å². The van der Waals surface area contributed by atoms with Crippen LogP contribution < -0.4 is 10.0 Å². The number of hydrogen-bond donors (Lipinski definition) is 2. The van der Waals surface area contributed by atoms with Gasteiger partial charge in [-0.2, -0.15) is 0 Å². The van der Waals surface area contributed by atoms with Crippen LogP contribution in [-0.2, 0) is 10.0 Å². The van der Waals surface area contributed by atoms with Crippen molar-refractivity contribution >= 4 is 37.5 Å². The molecule has 7 heteroatoms. The maximum atomic E-state index is 12.3. The van der Waals surface area contributed by atoms with Crippen LogP contribution in [-0.4, -0.2) is 20.9 Å². The Morgan fingerprint density at radius 3 is 2.57 bits per heavy atom. The van der Waals surface area contributed by atoms with Gasteiger partial charge in [0.1, 0.15) is 0 Å². The first-order valence-corrected chi connectivity index (χ1v) is 9.36. The number of carbonyl (C=O) groups is 1. The SMILES string of the molecule is CCCNS(=O)(=O)c1cccc(C(=O)Nc2cccc(Br)c2)c1. The maximum Gasteiger partial charge on any atom is 0.255 e. The Morgan fingerprint density at radius 1 is 1.13 bits per heavy atom. The molecule has 2 aromatic rings. The van der Waals surface area contributed by atoms with Crippen LogP contribution in [0.5, 0.6) is 0 Å². The molecule has 0 radical (unpaired) electrons. The van der Waals surface area contributed by atoms with Crippen LogP contribution in [0.3, 0.4) is 0 Å². The van der Waals surface area contributed by atoms with E-state index in [1.54, 1.807) is 30.3 Å². The summed E-state index contributed by atoms with van der Waals surface area (Å²) in [6.07, 6.45) is 0.697. The average molecular weight is 397 g/mol. The van der Waals surface area contributed by atoms with Crippen LogP contribution in [0.1, 0.15) is 23.7 Å². The van der Waals surface area contributed by atoms with E-state index in [9.17, 15) is 13.2 Å². The molecule has 5 nitrogen and oxygen atoms in total. The van der Waals surface area contributed by atoms with Gasteiger partial charge >= 0.3 is 0 Å². The highest BCUT2D eigenvalue weighted by molar-refractivity contribution is 9.10. The van der Waals surface area contributed by atoms with Crippen molar-refractivity contribution in [2.24, 2.45) is 0 Å². The summed E-state index contributed by atoms with van der Waals surface area (Å²) in [7, 11) is -3.60. The van der Waals surface area contributed by atoms with Gasteiger partial charge in [-0.25, -0.2) is 13.1 Å². The highest BCUT2D eigenvalue weighted by atomic mass is 79.9. The largest absolute Gasteiger partial charge is 0.322 e. The van der Waals surface area contributed by atoms with Crippen molar-refractivity contribution in [3.63, 3.8) is 0 Å². The van der Waals surface area contributed by atoms with Gasteiger partial charge in [0, 0.05) is 22.3 Å². The molecular formula is C16H17BrN2O3S. The van der Waals surface area contributed by atoms with Crippen LogP contribution in [0.15, 0.2) is 57.9 Å². The van der Waals surface area contributed by atoms with E-state index in [-0.39, 0.29) is 16.4 Å². The number of nitrogens with one attached hydrogen (secondary N) is 2. The molecule has 0 unspecified atom stereocenters. The third-order valence-corrected chi connectivity index (χ3v) is 4.98. The molecule has 0 atom stereocenters. The molecule has 2 aromatic carbocycles. The van der Waals surface area contributed by atoms with Crippen molar-refractivity contribution in [3.8, 4) is 0 Å². The van der Waals surface area contributed by atoms with Crippen LogP contribution in [0.2, 0.25) is 0 Å². The van der Waals surface area contributed by atoms with Crippen molar-refractivity contribution in [1.82, 2.24) is 4.72 Å². The summed E-state index contributed by atoms with van der Waals surface area (Å²) < 4.78 is 27.6. The lowest BCUT2D eigenvalue weighted by Gasteiger charge is -2.09. The number of halogens is 1. The second-order valence-electron chi connectivity index (χ2n) is 4.89. The zero-order valence-electron chi connectivity index (χ0n) is 12.5. The van der Waals surface area contributed by atoms with Gasteiger partial charge in [0.25, 0.3) is 5.91 Å². The number of rotatable bonds is 6. The zero-order chi connectivity index (χ0) is 16.9. The van der Waals surface area contributed by atoms with E-state index in [1.807, 2.05) is 13.0 Å². The van der Waals surface area contributed by atoms with Gasteiger partial charge < -0.3 is 5.32 Å². The second kappa shape index (κ2) is 7.72. The lowest BCUT2D eigenvalue weighted by atomic mass is 10.2. The van der Waals surface area contributed by atoms with E-state index >= 15 is 0 Å². The molecule has 2 N–H and O–H groups in total. The summed E-state index contributed by atoms with van der Waals surface area (Å²) in [6, 6.07) is 13.1. The van der Waals surface area contributed by atoms with Gasteiger partial charge in [-0.15, -0.1) is 0 Å². The Balaban J connectivity index is 2.20. The Morgan fingerprint density at radius 2 is 1.87 bits per heavy atom. The van der Waals surface area contributed by atoms with Crippen LogP contribution >= 0.6 is 15.9 Å². The van der Waals surface area contributed by atoms with Gasteiger partial charge in [-0.3, -0.25) is 4.79 Å². The summed E-state index contributed by atoms with van der Waals surface area (Å²) in [5, 5.41) is 2.74. The van der Waals surface area contributed by atoms with E-state index in [0.717, 1.165) is 4.47 Å². The summed E-state index contributed by atoms with van der Waals surface area (Å²) in [5.41, 5.74) is 0.908. The molecule has 0 aliphatic rings. The number of carbonyl (C=O) groups excluding carboxylic acids is 1. The summed E-state index contributed by atoms with van der Waals surface area (Å²) >= 11 is 3.33. The monoisotopic (exact) mass is 396 g/mol. The molecule has 0 saturated heterocycles. The normalized spacial score (nSPS) is 11.2. The Hall–Kier alpha value is -1.70. The first-order valence-electron chi connectivity index (χ1n) is 7.09. The summed E-state index contributed by atoms with van der Waals surface area (Å²) in [5.74, 6) is -0.365. The topological polar surface area (TPSA) is 75.3 Å². The van der Waals surface area contributed by atoms with Crippen LogP contribution in [0.4, 0.5) is 5.69 Å². The molecule has 0 bridgehead atoms. The maximum absolute atomic E-state index is 12.3. The van der Waals surface area contributed by atoms with E-state index in [2.05, 4.69) is 26.0 Å². The van der Waals surface area contributed by atoms with Crippen molar-refractivity contribution in [2.75, 3.05) is 11.9 Å². The Labute approximate surface area is 144 Å². The molecule has 0 aliphatic carbocycles. The lowest BCUT2D eigenvalue weighted by molar-refractivity contribution is 0.102. The Bertz CT molecular complexity index is 806. The summed E-state index contributed by atoms with van der Waals surface area (Å²) in [4.78, 5) is 12.4. The molecule has 0 saturated carbocycles. The van der Waals surface area contributed by atoms with E-state index in [4.69, 9.17) is 0 Å². The predicted molar refractivity (Wildman–Crippen MR) is 94.0 cm³/mol. The van der Waals surface area contributed by atoms with Gasteiger partial charge in [0.05, 0.1) is 4.90 Å². The number of sulfonamides is 1. The highest BCUT2D eigenvalue weighted by Crippen LogP contribution is 2.17. The van der Waals surface area contributed by atoms with Gasteiger partial charge in [-0.05, 0) is 42.8 Å². The van der Waals surface area contributed by atoms with Gasteiger partial charge in [0.2, 0.25) is 10.0 Å². The van der Waals surface area contributed by atoms with E-state index in [0.29, 0.717) is 18.7 Å². The lowest BCUT2D eigenvalue weighted by Crippen LogP contribution is -2.24. The molecule has 0 aromatic heterocycles. The molecule has 0 fully saturated rings. The molecule has 23 heavy (non-hydrogen) atoms. The van der Waals surface area contributed by atoms with Crippen molar-refractivity contribution < 1.29 is 13.2 Å². The van der Waals surface area contributed by atoms with Gasteiger partial charge in [-0.1, -0.05) is 35.0 Å². The zero-order valence-corrected chi connectivity index (χ0v) is 14.9. The molecular weight excluding hydrogens is 380 g/mol. The standard InChI is InChI=1S/C16H17BrN2O3S/c1-2-9-18-23(21,22)15-8-3-5-12(10-15)16(20)19-14-7-4-6-13(17)11-14/h3-8,10-11,18H,2,9H2,1H3,(H,19,20).